The van der Waals surface area contributed by atoms with Crippen LogP contribution >= 0.6 is 0 Å². The van der Waals surface area contributed by atoms with Crippen LogP contribution in [0.2, 0.25) is 0 Å². The van der Waals surface area contributed by atoms with E-state index >= 15 is 0 Å². The number of carbonyl (C=O) groups excluding carboxylic acids is 1. The van der Waals surface area contributed by atoms with E-state index in [2.05, 4.69) is 0 Å². The first-order chi connectivity index (χ1) is 7.37. The van der Waals surface area contributed by atoms with Gasteiger partial charge in [0, 0.05) is 20.3 Å². The van der Waals surface area contributed by atoms with Crippen molar-refractivity contribution in [1.82, 2.24) is 0 Å². The normalized spacial score (nSPS) is 16.2. The van der Waals surface area contributed by atoms with E-state index in [-0.39, 0.29) is 5.78 Å². The minimum Gasteiger partial charge on any atom is -0.449 e. The first-order valence-corrected chi connectivity index (χ1v) is 5.38. The fourth-order valence-corrected chi connectivity index (χ4v) is 1.87. The van der Waals surface area contributed by atoms with E-state index < -0.39 is 5.79 Å². The molecule has 1 heterocycles. The van der Waals surface area contributed by atoms with E-state index in [4.69, 9.17) is 9.47 Å². The number of rotatable bonds is 2. The number of carbonyl (C=O) groups is 1. The van der Waals surface area contributed by atoms with Crippen LogP contribution in [0.25, 0.3) is 0 Å². The van der Waals surface area contributed by atoms with Gasteiger partial charge in [-0.15, -0.1) is 0 Å². The second-order valence-electron chi connectivity index (χ2n) is 4.71. The molecule has 1 aromatic rings. The highest BCUT2D eigenvalue weighted by Crippen LogP contribution is 2.40. The molecule has 3 nitrogen and oxygen atoms in total. The van der Waals surface area contributed by atoms with E-state index in [9.17, 15) is 4.79 Å². The number of ether oxygens (including phenoxy) is 2. The minimum absolute atomic E-state index is 0.154. The number of hydrogen-bond acceptors (Lipinski definition) is 3. The fraction of sp³-hybridized carbons (Fsp3) is 0.462. The van der Waals surface area contributed by atoms with Crippen LogP contribution in [0.3, 0.4) is 0 Å². The zero-order valence-corrected chi connectivity index (χ0v) is 10.1. The largest absolute Gasteiger partial charge is 0.449 e. The molecule has 1 aromatic carbocycles. The molecule has 0 aromatic heterocycles. The summed E-state index contributed by atoms with van der Waals surface area (Å²) in [4.78, 5) is 11.1. The lowest BCUT2D eigenvalue weighted by Crippen LogP contribution is -2.29. The maximum absolute atomic E-state index is 11.1. The number of ketones is 1. The first kappa shape index (κ1) is 11.0. The van der Waals surface area contributed by atoms with Gasteiger partial charge in [0.05, 0.1) is 0 Å². The Bertz CT molecular complexity index is 447. The Morgan fingerprint density at radius 2 is 1.81 bits per heavy atom. The van der Waals surface area contributed by atoms with Crippen LogP contribution in [0, 0.1) is 6.92 Å². The third-order valence-corrected chi connectivity index (χ3v) is 2.55. The molecule has 0 unspecified atom stereocenters. The Hall–Kier alpha value is -1.51. The molecule has 0 atom stereocenters. The van der Waals surface area contributed by atoms with Crippen LogP contribution in [0.1, 0.15) is 31.9 Å². The maximum Gasteiger partial charge on any atom is 0.246 e. The Morgan fingerprint density at radius 3 is 2.38 bits per heavy atom. The lowest BCUT2D eigenvalue weighted by atomic mass is 10.0. The summed E-state index contributed by atoms with van der Waals surface area (Å²) in [6.07, 6.45) is 0.447. The third kappa shape index (κ3) is 2.03. The molecule has 2 rings (SSSR count). The summed E-state index contributed by atoms with van der Waals surface area (Å²) < 4.78 is 11.3. The predicted molar refractivity (Wildman–Crippen MR) is 60.9 cm³/mol. The summed E-state index contributed by atoms with van der Waals surface area (Å²) in [7, 11) is 0. The fourth-order valence-electron chi connectivity index (χ4n) is 1.87. The molecule has 0 bridgehead atoms. The van der Waals surface area contributed by atoms with Crippen molar-refractivity contribution in [2.24, 2.45) is 0 Å². The third-order valence-electron chi connectivity index (χ3n) is 2.55. The standard InChI is InChI=1S/C13H16O3/c1-8-5-11-12(16-13(3,4)15-11)7-10(8)6-9(2)14/h5,7H,6H2,1-4H3. The minimum atomic E-state index is -0.608. The Labute approximate surface area is 95.4 Å². The van der Waals surface area contributed by atoms with Crippen molar-refractivity contribution in [2.75, 3.05) is 0 Å². The molecule has 16 heavy (non-hydrogen) atoms. The van der Waals surface area contributed by atoms with E-state index in [0.717, 1.165) is 22.6 Å². The van der Waals surface area contributed by atoms with Crippen molar-refractivity contribution in [2.45, 2.75) is 39.9 Å². The zero-order valence-electron chi connectivity index (χ0n) is 10.1. The Morgan fingerprint density at radius 1 is 1.25 bits per heavy atom. The molecule has 0 saturated heterocycles. The van der Waals surface area contributed by atoms with E-state index in [1.165, 1.54) is 0 Å². The number of fused-ring (bicyclic) bond motifs is 1. The molecule has 86 valence electrons. The Balaban J connectivity index is 2.37. The molecular weight excluding hydrogens is 204 g/mol. The molecule has 1 aliphatic heterocycles. The average molecular weight is 220 g/mol. The molecule has 0 fully saturated rings. The summed E-state index contributed by atoms with van der Waals surface area (Å²) >= 11 is 0. The number of aryl methyl sites for hydroxylation is 1. The molecule has 3 heteroatoms. The smallest absolute Gasteiger partial charge is 0.246 e. The molecule has 0 N–H and O–H groups in total. The van der Waals surface area contributed by atoms with Gasteiger partial charge in [-0.1, -0.05) is 0 Å². The van der Waals surface area contributed by atoms with Gasteiger partial charge in [0.1, 0.15) is 5.78 Å². The van der Waals surface area contributed by atoms with Crippen molar-refractivity contribution >= 4 is 5.78 Å². The topological polar surface area (TPSA) is 35.5 Å². The van der Waals surface area contributed by atoms with Crippen LogP contribution in [0.4, 0.5) is 0 Å². The van der Waals surface area contributed by atoms with Gasteiger partial charge >= 0.3 is 0 Å². The summed E-state index contributed by atoms with van der Waals surface area (Å²) in [5.74, 6) is 1.03. The number of hydrogen-bond donors (Lipinski definition) is 0. The van der Waals surface area contributed by atoms with E-state index in [1.54, 1.807) is 6.92 Å². The van der Waals surface area contributed by atoms with Gasteiger partial charge in [-0.25, -0.2) is 0 Å². The van der Waals surface area contributed by atoms with Crippen molar-refractivity contribution in [1.29, 1.82) is 0 Å². The second-order valence-corrected chi connectivity index (χ2v) is 4.71. The summed E-state index contributed by atoms with van der Waals surface area (Å²) in [6, 6.07) is 3.84. The molecule has 0 spiro atoms. The lowest BCUT2D eigenvalue weighted by Gasteiger charge is -2.16. The van der Waals surface area contributed by atoms with Gasteiger partial charge in [-0.05, 0) is 37.1 Å². The van der Waals surface area contributed by atoms with Crippen LogP contribution < -0.4 is 9.47 Å². The highest BCUT2D eigenvalue weighted by atomic mass is 16.7. The molecule has 0 amide bonds. The van der Waals surface area contributed by atoms with Crippen molar-refractivity contribution in [3.05, 3.63) is 23.3 Å². The van der Waals surface area contributed by atoms with Crippen LogP contribution in [-0.4, -0.2) is 11.6 Å². The van der Waals surface area contributed by atoms with Crippen molar-refractivity contribution < 1.29 is 14.3 Å². The molecule has 0 radical (unpaired) electrons. The van der Waals surface area contributed by atoms with E-state index in [0.29, 0.717) is 6.42 Å². The molecular formula is C13H16O3. The van der Waals surface area contributed by atoms with Gasteiger partial charge in [0.25, 0.3) is 0 Å². The lowest BCUT2D eigenvalue weighted by molar-refractivity contribution is -0.116. The van der Waals surface area contributed by atoms with Crippen LogP contribution in [0.15, 0.2) is 12.1 Å². The van der Waals surface area contributed by atoms with Crippen molar-refractivity contribution in [3.63, 3.8) is 0 Å². The second kappa shape index (κ2) is 3.51. The van der Waals surface area contributed by atoms with Gasteiger partial charge < -0.3 is 9.47 Å². The Kier molecular flexibility index (Phi) is 2.41. The van der Waals surface area contributed by atoms with E-state index in [1.807, 2.05) is 32.9 Å². The number of benzene rings is 1. The predicted octanol–water partition coefficient (Wildman–Crippen LogP) is 2.63. The monoisotopic (exact) mass is 220 g/mol. The van der Waals surface area contributed by atoms with Crippen LogP contribution in [-0.2, 0) is 11.2 Å². The summed E-state index contributed by atoms with van der Waals surface area (Å²) in [6.45, 7) is 7.31. The van der Waals surface area contributed by atoms with Gasteiger partial charge in [0.2, 0.25) is 5.79 Å². The maximum atomic E-state index is 11.1. The molecule has 1 aliphatic rings. The quantitative estimate of drug-likeness (QED) is 0.768. The van der Waals surface area contributed by atoms with Crippen molar-refractivity contribution in [3.8, 4) is 11.5 Å². The zero-order chi connectivity index (χ0) is 11.9. The van der Waals surface area contributed by atoms with Gasteiger partial charge in [-0.2, -0.15) is 0 Å². The van der Waals surface area contributed by atoms with Crippen LogP contribution in [0.5, 0.6) is 11.5 Å². The number of Topliss-reactive ketones (excluding diaryl/α,β-unsaturated/α-hetero) is 1. The highest BCUT2D eigenvalue weighted by molar-refractivity contribution is 5.79. The highest BCUT2D eigenvalue weighted by Gasteiger charge is 2.32. The van der Waals surface area contributed by atoms with Gasteiger partial charge in [-0.3, -0.25) is 4.79 Å². The molecule has 0 aliphatic carbocycles. The first-order valence-electron chi connectivity index (χ1n) is 5.38. The molecule has 0 saturated carbocycles. The SMILES string of the molecule is CC(=O)Cc1cc2c(cc1C)OC(C)(C)O2. The average Bonchev–Trinajstić information content (AvgIpc) is 2.38. The summed E-state index contributed by atoms with van der Waals surface area (Å²) in [5, 5.41) is 0. The summed E-state index contributed by atoms with van der Waals surface area (Å²) in [5.41, 5.74) is 2.07. The van der Waals surface area contributed by atoms with Gasteiger partial charge in [0.15, 0.2) is 11.5 Å².